The lowest BCUT2D eigenvalue weighted by Gasteiger charge is -2.41. The van der Waals surface area contributed by atoms with Gasteiger partial charge < -0.3 is 14.8 Å². The van der Waals surface area contributed by atoms with Crippen LogP contribution in [-0.2, 0) is 19.9 Å². The van der Waals surface area contributed by atoms with Crippen LogP contribution in [0.25, 0.3) is 0 Å². The molecule has 0 aliphatic carbocycles. The molecule has 2 aliphatic rings. The number of nitrogens with one attached hydrogen (secondary N) is 1. The Labute approximate surface area is 144 Å². The number of nitrogens with zero attached hydrogens (tertiary/aromatic N) is 1. The van der Waals surface area contributed by atoms with Crippen molar-refractivity contribution in [3.05, 3.63) is 35.9 Å². The highest BCUT2D eigenvalue weighted by atomic mass is 16.5. The van der Waals surface area contributed by atoms with Crippen molar-refractivity contribution >= 4 is 5.91 Å². The van der Waals surface area contributed by atoms with Gasteiger partial charge in [-0.1, -0.05) is 30.3 Å². The van der Waals surface area contributed by atoms with Crippen LogP contribution >= 0.6 is 0 Å². The molecular formula is C19H28N2O3. The molecule has 1 atom stereocenters. The van der Waals surface area contributed by atoms with Gasteiger partial charge in [-0.15, -0.1) is 0 Å². The first kappa shape index (κ1) is 17.4. The Morgan fingerprint density at radius 3 is 2.71 bits per heavy atom. The zero-order valence-corrected chi connectivity index (χ0v) is 14.5. The molecule has 1 aromatic rings. The van der Waals surface area contributed by atoms with Gasteiger partial charge in [0.05, 0.1) is 18.2 Å². The highest BCUT2D eigenvalue weighted by Gasteiger charge is 2.36. The number of ether oxygens (including phenoxy) is 2. The minimum absolute atomic E-state index is 0.0927. The molecule has 0 saturated carbocycles. The highest BCUT2D eigenvalue weighted by Crippen LogP contribution is 2.35. The molecule has 1 amide bonds. The number of piperidine rings is 1. The second-order valence-electron chi connectivity index (χ2n) is 6.78. The molecular weight excluding hydrogens is 304 g/mol. The molecule has 3 rings (SSSR count). The van der Waals surface area contributed by atoms with E-state index in [1.807, 2.05) is 6.07 Å². The predicted molar refractivity (Wildman–Crippen MR) is 92.8 cm³/mol. The predicted octanol–water partition coefficient (Wildman–Crippen LogP) is 1.92. The van der Waals surface area contributed by atoms with E-state index in [1.165, 1.54) is 5.56 Å². The van der Waals surface area contributed by atoms with Gasteiger partial charge in [0.1, 0.15) is 0 Å². The van der Waals surface area contributed by atoms with Gasteiger partial charge in [0.15, 0.2) is 0 Å². The van der Waals surface area contributed by atoms with Crippen LogP contribution < -0.4 is 5.32 Å². The van der Waals surface area contributed by atoms with Crippen LogP contribution in [0.1, 0.15) is 31.2 Å². The van der Waals surface area contributed by atoms with E-state index in [1.54, 1.807) is 7.11 Å². The van der Waals surface area contributed by atoms with Crippen molar-refractivity contribution in [2.75, 3.05) is 39.9 Å². The first-order valence-electron chi connectivity index (χ1n) is 8.93. The second-order valence-corrected chi connectivity index (χ2v) is 6.78. The van der Waals surface area contributed by atoms with Gasteiger partial charge in [-0.05, 0) is 31.2 Å². The first-order chi connectivity index (χ1) is 11.7. The van der Waals surface area contributed by atoms with Crippen LogP contribution in [0.2, 0.25) is 0 Å². The molecule has 2 aliphatic heterocycles. The maximum atomic E-state index is 12.1. The molecule has 2 saturated heterocycles. The summed E-state index contributed by atoms with van der Waals surface area (Å²) in [5.74, 6) is 0.0927. The molecule has 5 heteroatoms. The number of hydrogen-bond donors (Lipinski definition) is 1. The van der Waals surface area contributed by atoms with Gasteiger partial charge >= 0.3 is 0 Å². The van der Waals surface area contributed by atoms with E-state index in [2.05, 4.69) is 34.5 Å². The van der Waals surface area contributed by atoms with Crippen molar-refractivity contribution in [2.24, 2.45) is 0 Å². The van der Waals surface area contributed by atoms with E-state index in [4.69, 9.17) is 9.47 Å². The van der Waals surface area contributed by atoms with Gasteiger partial charge in [-0.3, -0.25) is 9.69 Å². The SMILES string of the molecule is COC1(c2ccccc2)CCN(CC(=O)NCC2CCCO2)CC1. The fourth-order valence-electron chi connectivity index (χ4n) is 3.72. The number of carbonyl (C=O) groups is 1. The van der Waals surface area contributed by atoms with E-state index in [9.17, 15) is 4.79 Å². The normalized spacial score (nSPS) is 24.0. The van der Waals surface area contributed by atoms with Crippen molar-refractivity contribution in [3.8, 4) is 0 Å². The summed E-state index contributed by atoms with van der Waals surface area (Å²) in [6.07, 6.45) is 4.18. The second kappa shape index (κ2) is 8.10. The van der Waals surface area contributed by atoms with Gasteiger partial charge in [-0.2, -0.15) is 0 Å². The van der Waals surface area contributed by atoms with E-state index in [-0.39, 0.29) is 17.6 Å². The maximum absolute atomic E-state index is 12.1. The lowest BCUT2D eigenvalue weighted by molar-refractivity contribution is -0.124. The number of rotatable bonds is 6. The number of likely N-dealkylation sites (tertiary alicyclic amines) is 1. The fourth-order valence-corrected chi connectivity index (χ4v) is 3.72. The van der Waals surface area contributed by atoms with Crippen molar-refractivity contribution in [3.63, 3.8) is 0 Å². The highest BCUT2D eigenvalue weighted by molar-refractivity contribution is 5.78. The van der Waals surface area contributed by atoms with Gasteiger partial charge in [0.2, 0.25) is 5.91 Å². The van der Waals surface area contributed by atoms with Crippen LogP contribution in [0.15, 0.2) is 30.3 Å². The van der Waals surface area contributed by atoms with Gasteiger partial charge in [0.25, 0.3) is 0 Å². The molecule has 0 spiro atoms. The number of carbonyl (C=O) groups excluding carboxylic acids is 1. The van der Waals surface area contributed by atoms with Crippen LogP contribution in [-0.4, -0.2) is 56.8 Å². The minimum Gasteiger partial charge on any atom is -0.376 e. The van der Waals surface area contributed by atoms with Gasteiger partial charge in [0, 0.05) is 33.4 Å². The topological polar surface area (TPSA) is 50.8 Å². The summed E-state index contributed by atoms with van der Waals surface area (Å²) in [5.41, 5.74) is 1.02. The Balaban J connectivity index is 1.46. The number of methoxy groups -OCH3 is 1. The van der Waals surface area contributed by atoms with Crippen LogP contribution in [0.4, 0.5) is 0 Å². The Morgan fingerprint density at radius 2 is 2.08 bits per heavy atom. The summed E-state index contributed by atoms with van der Waals surface area (Å²) in [6, 6.07) is 10.4. The summed E-state index contributed by atoms with van der Waals surface area (Å²) in [6.45, 7) is 3.66. The Morgan fingerprint density at radius 1 is 1.33 bits per heavy atom. The summed E-state index contributed by atoms with van der Waals surface area (Å²) in [7, 11) is 1.79. The largest absolute Gasteiger partial charge is 0.376 e. The average molecular weight is 332 g/mol. The molecule has 0 radical (unpaired) electrons. The minimum atomic E-state index is -0.216. The lowest BCUT2D eigenvalue weighted by Crippen LogP contribution is -2.47. The maximum Gasteiger partial charge on any atom is 0.234 e. The lowest BCUT2D eigenvalue weighted by atomic mass is 9.84. The summed E-state index contributed by atoms with van der Waals surface area (Å²) < 4.78 is 11.4. The van der Waals surface area contributed by atoms with E-state index >= 15 is 0 Å². The molecule has 5 nitrogen and oxygen atoms in total. The quantitative estimate of drug-likeness (QED) is 0.865. The summed E-state index contributed by atoms with van der Waals surface area (Å²) in [4.78, 5) is 14.3. The monoisotopic (exact) mass is 332 g/mol. The third kappa shape index (κ3) is 4.15. The molecule has 1 aromatic carbocycles. The van der Waals surface area contributed by atoms with Crippen molar-refractivity contribution in [2.45, 2.75) is 37.4 Å². The van der Waals surface area contributed by atoms with Crippen molar-refractivity contribution < 1.29 is 14.3 Å². The molecule has 132 valence electrons. The van der Waals surface area contributed by atoms with E-state index in [0.29, 0.717) is 13.1 Å². The Hall–Kier alpha value is -1.43. The van der Waals surface area contributed by atoms with Crippen molar-refractivity contribution in [1.29, 1.82) is 0 Å². The molecule has 1 N–H and O–H groups in total. The summed E-state index contributed by atoms with van der Waals surface area (Å²) in [5, 5.41) is 3.00. The van der Waals surface area contributed by atoms with Gasteiger partial charge in [-0.25, -0.2) is 0 Å². The van der Waals surface area contributed by atoms with Crippen LogP contribution in [0.3, 0.4) is 0 Å². The van der Waals surface area contributed by atoms with Crippen molar-refractivity contribution in [1.82, 2.24) is 10.2 Å². The summed E-state index contributed by atoms with van der Waals surface area (Å²) >= 11 is 0. The molecule has 0 bridgehead atoms. The Bertz CT molecular complexity index is 521. The van der Waals surface area contributed by atoms with E-state index in [0.717, 1.165) is 45.4 Å². The molecule has 24 heavy (non-hydrogen) atoms. The molecule has 0 aromatic heterocycles. The smallest absolute Gasteiger partial charge is 0.234 e. The molecule has 1 unspecified atom stereocenters. The number of amides is 1. The van der Waals surface area contributed by atoms with Crippen LogP contribution in [0, 0.1) is 0 Å². The first-order valence-corrected chi connectivity index (χ1v) is 8.93. The third-order valence-electron chi connectivity index (χ3n) is 5.27. The zero-order chi connectivity index (χ0) is 16.8. The number of benzene rings is 1. The fraction of sp³-hybridized carbons (Fsp3) is 0.632. The van der Waals surface area contributed by atoms with E-state index < -0.39 is 0 Å². The zero-order valence-electron chi connectivity index (χ0n) is 14.5. The standard InChI is InChI=1S/C19H28N2O3/c1-23-19(16-6-3-2-4-7-16)9-11-21(12-10-19)15-18(22)20-14-17-8-5-13-24-17/h2-4,6-7,17H,5,8-15H2,1H3,(H,20,22). The average Bonchev–Trinajstić information content (AvgIpc) is 3.15. The third-order valence-corrected chi connectivity index (χ3v) is 5.27. The molecule has 2 heterocycles. The Kier molecular flexibility index (Phi) is 5.87. The number of hydrogen-bond acceptors (Lipinski definition) is 4. The molecule has 2 fully saturated rings. The van der Waals surface area contributed by atoms with Crippen LogP contribution in [0.5, 0.6) is 0 Å².